The summed E-state index contributed by atoms with van der Waals surface area (Å²) in [6, 6.07) is 12.5. The Balaban J connectivity index is 1.33. The van der Waals surface area contributed by atoms with E-state index in [1.54, 1.807) is 30.3 Å². The first-order valence-electron chi connectivity index (χ1n) is 13.0. The number of rotatable bonds is 10. The molecule has 0 aromatic heterocycles. The second-order valence-corrected chi connectivity index (χ2v) is 12.4. The molecule has 0 amide bonds. The summed E-state index contributed by atoms with van der Waals surface area (Å²) in [5.74, 6) is 0.617. The molecule has 2 aromatic carbocycles. The Bertz CT molecular complexity index is 1150. The highest BCUT2D eigenvalue weighted by Crippen LogP contribution is 2.34. The van der Waals surface area contributed by atoms with E-state index in [0.717, 1.165) is 30.4 Å². The normalized spacial score (nSPS) is 26.8. The first kappa shape index (κ1) is 29.2. The predicted molar refractivity (Wildman–Crippen MR) is 143 cm³/mol. The third kappa shape index (κ3) is 7.05. The van der Waals surface area contributed by atoms with Gasteiger partial charge >= 0.3 is 0 Å². The summed E-state index contributed by atoms with van der Waals surface area (Å²) < 4.78 is 38.9. The summed E-state index contributed by atoms with van der Waals surface area (Å²) in [6.45, 7) is -0.0675. The molecule has 5 atom stereocenters. The Hall–Kier alpha value is -1.76. The Morgan fingerprint density at radius 2 is 1.68 bits per heavy atom. The number of hydrogen-bond donors (Lipinski definition) is 5. The molecule has 2 fully saturated rings. The molecule has 1 saturated heterocycles. The van der Waals surface area contributed by atoms with Gasteiger partial charge in [0.2, 0.25) is 10.0 Å². The molecule has 1 unspecified atom stereocenters. The highest BCUT2D eigenvalue weighted by atomic mass is 35.5. The maximum absolute atomic E-state index is 12.4. The fourth-order valence-electron chi connectivity index (χ4n) is 5.05. The van der Waals surface area contributed by atoms with Gasteiger partial charge in [-0.25, -0.2) is 13.1 Å². The van der Waals surface area contributed by atoms with Crippen LogP contribution in [-0.4, -0.2) is 78.3 Å². The van der Waals surface area contributed by atoms with Crippen molar-refractivity contribution in [3.8, 4) is 5.75 Å². The Morgan fingerprint density at radius 3 is 2.37 bits per heavy atom. The largest absolute Gasteiger partial charge is 0.492 e. The van der Waals surface area contributed by atoms with Gasteiger partial charge in [0.05, 0.1) is 11.9 Å². The molecule has 210 valence electrons. The number of hydrogen-bond acceptors (Lipinski definition) is 8. The topological polar surface area (TPSA) is 146 Å². The van der Waals surface area contributed by atoms with Crippen LogP contribution in [0, 0.1) is 0 Å². The van der Waals surface area contributed by atoms with Gasteiger partial charge in [-0.15, -0.1) is 0 Å². The van der Waals surface area contributed by atoms with Crippen molar-refractivity contribution in [3.63, 3.8) is 0 Å². The zero-order valence-electron chi connectivity index (χ0n) is 21.1. The number of sulfonamides is 1. The van der Waals surface area contributed by atoms with Gasteiger partial charge in [-0.1, -0.05) is 55.1 Å². The van der Waals surface area contributed by atoms with E-state index in [4.69, 9.17) is 21.1 Å². The highest BCUT2D eigenvalue weighted by molar-refractivity contribution is 7.90. The van der Waals surface area contributed by atoms with Crippen LogP contribution in [0.2, 0.25) is 5.02 Å². The Morgan fingerprint density at radius 1 is 0.974 bits per heavy atom. The lowest BCUT2D eigenvalue weighted by Crippen LogP contribution is -2.55. The average Bonchev–Trinajstić information content (AvgIpc) is 2.93. The second kappa shape index (κ2) is 13.1. The lowest BCUT2D eigenvalue weighted by Gasteiger charge is -2.40. The first-order valence-corrected chi connectivity index (χ1v) is 14.9. The first-order chi connectivity index (χ1) is 18.2. The molecule has 0 radical (unpaired) electrons. The molecule has 1 aliphatic carbocycles. The van der Waals surface area contributed by atoms with Crippen molar-refractivity contribution in [2.45, 2.75) is 74.3 Å². The van der Waals surface area contributed by atoms with E-state index in [9.17, 15) is 28.8 Å². The summed E-state index contributed by atoms with van der Waals surface area (Å²) >= 11 is 6.42. The molecule has 1 aliphatic heterocycles. The molecule has 2 aliphatic rings. The lowest BCUT2D eigenvalue weighted by molar-refractivity contribution is -0.231. The van der Waals surface area contributed by atoms with E-state index < -0.39 is 47.2 Å². The van der Waals surface area contributed by atoms with Crippen LogP contribution in [0.4, 0.5) is 0 Å². The van der Waals surface area contributed by atoms with Crippen molar-refractivity contribution in [2.75, 3.05) is 19.8 Å². The maximum atomic E-state index is 12.4. The SMILES string of the molecule is O=S(=O)(NCCOc1ccc(Cc2cc([C@@H]3OC(CO)[C@@H](O)[C@H](O)[C@H]3O)ccc2Cl)cc1)C1CCCCC1. The molecule has 0 bridgehead atoms. The molecule has 9 nitrogen and oxygen atoms in total. The molecule has 11 heteroatoms. The lowest BCUT2D eigenvalue weighted by atomic mass is 9.90. The Labute approximate surface area is 228 Å². The fraction of sp³-hybridized carbons (Fsp3) is 0.556. The van der Waals surface area contributed by atoms with Crippen LogP contribution in [-0.2, 0) is 21.2 Å². The average molecular weight is 570 g/mol. The van der Waals surface area contributed by atoms with Crippen LogP contribution < -0.4 is 9.46 Å². The summed E-state index contributed by atoms with van der Waals surface area (Å²) in [5, 5.41) is 40.3. The van der Waals surface area contributed by atoms with Crippen LogP contribution in [0.5, 0.6) is 5.75 Å². The van der Waals surface area contributed by atoms with Crippen LogP contribution >= 0.6 is 11.6 Å². The van der Waals surface area contributed by atoms with Crippen LogP contribution in [0.25, 0.3) is 0 Å². The molecule has 0 spiro atoms. The minimum atomic E-state index is -3.31. The fourth-order valence-corrected chi connectivity index (χ4v) is 6.80. The maximum Gasteiger partial charge on any atom is 0.214 e. The molecule has 1 saturated carbocycles. The number of halogens is 1. The van der Waals surface area contributed by atoms with Gasteiger partial charge in [0.1, 0.15) is 42.9 Å². The van der Waals surface area contributed by atoms with E-state index in [-0.39, 0.29) is 18.4 Å². The van der Waals surface area contributed by atoms with E-state index in [1.807, 2.05) is 12.1 Å². The molecule has 5 N–H and O–H groups in total. The van der Waals surface area contributed by atoms with E-state index in [2.05, 4.69) is 4.72 Å². The number of nitrogens with one attached hydrogen (secondary N) is 1. The molecular formula is C27H36ClNO8S. The van der Waals surface area contributed by atoms with Crippen molar-refractivity contribution >= 4 is 21.6 Å². The molecule has 4 rings (SSSR count). The number of ether oxygens (including phenoxy) is 2. The third-order valence-corrected chi connectivity index (χ3v) is 9.60. The smallest absolute Gasteiger partial charge is 0.214 e. The van der Waals surface area contributed by atoms with Gasteiger partial charge in [-0.05, 0) is 54.2 Å². The van der Waals surface area contributed by atoms with Gasteiger partial charge in [-0.3, -0.25) is 0 Å². The minimum Gasteiger partial charge on any atom is -0.492 e. The monoisotopic (exact) mass is 569 g/mol. The van der Waals surface area contributed by atoms with Crippen molar-refractivity contribution < 1.29 is 38.3 Å². The van der Waals surface area contributed by atoms with Gasteiger partial charge in [0.15, 0.2) is 0 Å². The standard InChI is InChI=1S/C27H36ClNO8S/c28-22-11-8-18(27-26(33)25(32)24(31)23(16-30)37-27)15-19(22)14-17-6-9-20(10-7-17)36-13-12-29-38(34,35)21-4-2-1-3-5-21/h6-11,15,21,23-27,29-33H,1-5,12-14,16H2/t23?,24-,25+,26-,27+/m1/s1. The zero-order chi connectivity index (χ0) is 27.3. The molecule has 1 heterocycles. The van der Waals surface area contributed by atoms with Gasteiger partial charge in [-0.2, -0.15) is 0 Å². The summed E-state index contributed by atoms with van der Waals surface area (Å²) in [6.07, 6.45) is -1.26. The third-order valence-electron chi connectivity index (χ3n) is 7.27. The molecule has 38 heavy (non-hydrogen) atoms. The van der Waals surface area contributed by atoms with Crippen LogP contribution in [0.15, 0.2) is 42.5 Å². The highest BCUT2D eigenvalue weighted by Gasteiger charge is 2.44. The van der Waals surface area contributed by atoms with Crippen LogP contribution in [0.1, 0.15) is 54.9 Å². The summed E-state index contributed by atoms with van der Waals surface area (Å²) in [4.78, 5) is 0. The van der Waals surface area contributed by atoms with Crippen molar-refractivity contribution in [2.24, 2.45) is 0 Å². The summed E-state index contributed by atoms with van der Waals surface area (Å²) in [7, 11) is -3.31. The minimum absolute atomic E-state index is 0.209. The van der Waals surface area contributed by atoms with Crippen molar-refractivity contribution in [1.29, 1.82) is 0 Å². The number of aliphatic hydroxyl groups is 4. The van der Waals surface area contributed by atoms with Crippen molar-refractivity contribution in [1.82, 2.24) is 4.72 Å². The quantitative estimate of drug-likeness (QED) is 0.273. The summed E-state index contributed by atoms with van der Waals surface area (Å²) in [5.41, 5.74) is 2.28. The zero-order valence-corrected chi connectivity index (χ0v) is 22.7. The predicted octanol–water partition coefficient (Wildman–Crippen LogP) is 2.08. The second-order valence-electron chi connectivity index (χ2n) is 9.97. The van der Waals surface area contributed by atoms with E-state index >= 15 is 0 Å². The molecular weight excluding hydrogens is 534 g/mol. The van der Waals surface area contributed by atoms with Gasteiger partial charge in [0, 0.05) is 11.6 Å². The van der Waals surface area contributed by atoms with E-state index in [0.29, 0.717) is 35.6 Å². The van der Waals surface area contributed by atoms with Crippen molar-refractivity contribution in [3.05, 3.63) is 64.2 Å². The van der Waals surface area contributed by atoms with E-state index in [1.165, 1.54) is 0 Å². The van der Waals surface area contributed by atoms with Crippen LogP contribution in [0.3, 0.4) is 0 Å². The number of benzene rings is 2. The number of aliphatic hydroxyl groups excluding tert-OH is 4. The molecule has 2 aromatic rings. The van der Waals surface area contributed by atoms with Gasteiger partial charge < -0.3 is 29.9 Å². The van der Waals surface area contributed by atoms with Gasteiger partial charge in [0.25, 0.3) is 0 Å². The Kier molecular flexibility index (Phi) is 10.0.